The lowest BCUT2D eigenvalue weighted by Gasteiger charge is -2.28. The number of thiophene rings is 1. The number of amides is 2. The van der Waals surface area contributed by atoms with E-state index in [0.29, 0.717) is 44.2 Å². The van der Waals surface area contributed by atoms with Crippen LogP contribution in [0.3, 0.4) is 0 Å². The minimum Gasteiger partial charge on any atom is -0.383 e. The van der Waals surface area contributed by atoms with E-state index < -0.39 is 0 Å². The highest BCUT2D eigenvalue weighted by atomic mass is 32.1. The molecular weight excluding hydrogens is 404 g/mol. The minimum absolute atomic E-state index is 0.0781. The van der Waals surface area contributed by atoms with Crippen molar-refractivity contribution in [2.45, 2.75) is 19.9 Å². The highest BCUT2D eigenvalue weighted by molar-refractivity contribution is 7.17. The Kier molecular flexibility index (Phi) is 5.61. The van der Waals surface area contributed by atoms with Crippen molar-refractivity contribution in [3.63, 3.8) is 0 Å². The summed E-state index contributed by atoms with van der Waals surface area (Å²) in [7, 11) is 5.13. The summed E-state index contributed by atoms with van der Waals surface area (Å²) < 4.78 is 5.19. The zero-order valence-corrected chi connectivity index (χ0v) is 18.5. The Hall–Kier alpha value is -2.72. The van der Waals surface area contributed by atoms with E-state index in [9.17, 15) is 9.59 Å². The van der Waals surface area contributed by atoms with Gasteiger partial charge in [-0.2, -0.15) is 4.98 Å². The quantitative estimate of drug-likeness (QED) is 0.769. The molecule has 2 amide bonds. The molecule has 4 rings (SSSR count). The van der Waals surface area contributed by atoms with Crippen LogP contribution in [-0.2, 0) is 22.5 Å². The molecule has 0 aromatic carbocycles. The zero-order chi connectivity index (χ0) is 21.4. The fraction of sp³-hybridized carbons (Fsp3) is 0.500. The third-order valence-corrected chi connectivity index (χ3v) is 6.66. The molecule has 160 valence electrons. The van der Waals surface area contributed by atoms with Gasteiger partial charge in [0, 0.05) is 44.4 Å². The summed E-state index contributed by atoms with van der Waals surface area (Å²) in [4.78, 5) is 41.5. The van der Waals surface area contributed by atoms with E-state index >= 15 is 0 Å². The highest BCUT2D eigenvalue weighted by Crippen LogP contribution is 2.41. The number of aryl methyl sites for hydroxylation is 1. The topological polar surface area (TPSA) is 90.9 Å². The van der Waals surface area contributed by atoms with Gasteiger partial charge in [-0.1, -0.05) is 0 Å². The molecule has 0 unspecified atom stereocenters. The first-order valence-corrected chi connectivity index (χ1v) is 10.7. The molecule has 30 heavy (non-hydrogen) atoms. The molecular formula is C20H26N6O3S. The fourth-order valence-electron chi connectivity index (χ4n) is 3.87. The average molecular weight is 431 g/mol. The number of nitrogens with zero attached hydrogens (tertiary/aromatic N) is 5. The number of methoxy groups -OCH3 is 1. The number of carbonyl (C=O) groups excluding carboxylic acids is 2. The maximum atomic E-state index is 13.1. The molecule has 10 heteroatoms. The van der Waals surface area contributed by atoms with Crippen LogP contribution in [0.1, 0.15) is 26.5 Å². The molecule has 2 aliphatic rings. The summed E-state index contributed by atoms with van der Waals surface area (Å²) in [6.07, 6.45) is 0.708. The monoisotopic (exact) mass is 430 g/mol. The summed E-state index contributed by atoms with van der Waals surface area (Å²) in [6, 6.07) is 1.90. The predicted octanol–water partition coefficient (Wildman–Crippen LogP) is 1.52. The van der Waals surface area contributed by atoms with Crippen molar-refractivity contribution in [2.75, 3.05) is 62.6 Å². The van der Waals surface area contributed by atoms with E-state index in [0.717, 1.165) is 27.0 Å². The van der Waals surface area contributed by atoms with E-state index in [2.05, 4.69) is 20.2 Å². The van der Waals surface area contributed by atoms with Gasteiger partial charge in [0.1, 0.15) is 17.4 Å². The Labute approximate surface area is 179 Å². The van der Waals surface area contributed by atoms with Gasteiger partial charge >= 0.3 is 0 Å². The van der Waals surface area contributed by atoms with E-state index in [4.69, 9.17) is 4.74 Å². The van der Waals surface area contributed by atoms with Gasteiger partial charge in [0.15, 0.2) is 0 Å². The van der Waals surface area contributed by atoms with Gasteiger partial charge in [-0.25, -0.2) is 4.98 Å². The lowest BCUT2D eigenvalue weighted by atomic mass is 10.0. The highest BCUT2D eigenvalue weighted by Gasteiger charge is 2.37. The van der Waals surface area contributed by atoms with Gasteiger partial charge in [-0.3, -0.25) is 14.5 Å². The summed E-state index contributed by atoms with van der Waals surface area (Å²) in [5, 5.41) is 3.81. The van der Waals surface area contributed by atoms with Crippen molar-refractivity contribution in [2.24, 2.45) is 0 Å². The second-order valence-corrected chi connectivity index (χ2v) is 8.58. The summed E-state index contributed by atoms with van der Waals surface area (Å²) in [5.41, 5.74) is 2.60. The molecule has 2 aromatic rings. The molecule has 0 aliphatic carbocycles. The molecule has 0 radical (unpaired) electrons. The van der Waals surface area contributed by atoms with Gasteiger partial charge in [-0.05, 0) is 18.9 Å². The molecule has 0 saturated heterocycles. The largest absolute Gasteiger partial charge is 0.383 e. The number of ether oxygens (including phenoxy) is 1. The predicted molar refractivity (Wildman–Crippen MR) is 117 cm³/mol. The first-order chi connectivity index (χ1) is 14.4. The maximum absolute atomic E-state index is 13.1. The van der Waals surface area contributed by atoms with Gasteiger partial charge in [0.2, 0.25) is 11.9 Å². The first-order valence-electron chi connectivity index (χ1n) is 9.90. The molecule has 0 saturated carbocycles. The average Bonchev–Trinajstić information content (AvgIpc) is 3.07. The molecule has 0 bridgehead atoms. The third kappa shape index (κ3) is 3.61. The van der Waals surface area contributed by atoms with Crippen molar-refractivity contribution < 1.29 is 14.3 Å². The molecule has 0 fully saturated rings. The Bertz CT molecular complexity index is 991. The number of aromatic nitrogens is 2. The van der Waals surface area contributed by atoms with Crippen LogP contribution >= 0.6 is 11.3 Å². The maximum Gasteiger partial charge on any atom is 0.257 e. The van der Waals surface area contributed by atoms with E-state index in [1.54, 1.807) is 19.1 Å². The Balaban J connectivity index is 1.72. The number of anilines is 3. The number of hydrogen-bond acceptors (Lipinski definition) is 8. The van der Waals surface area contributed by atoms with Crippen molar-refractivity contribution in [3.8, 4) is 0 Å². The van der Waals surface area contributed by atoms with Gasteiger partial charge in [0.05, 0.1) is 25.3 Å². The Morgan fingerprint density at radius 1 is 1.27 bits per heavy atom. The van der Waals surface area contributed by atoms with Crippen molar-refractivity contribution in [1.29, 1.82) is 0 Å². The van der Waals surface area contributed by atoms with Gasteiger partial charge < -0.3 is 19.9 Å². The van der Waals surface area contributed by atoms with E-state index in [1.807, 2.05) is 20.0 Å². The number of hydrogen-bond donors (Lipinski definition) is 1. The number of nitrogens with one attached hydrogen (secondary N) is 1. The van der Waals surface area contributed by atoms with Gasteiger partial charge in [0.25, 0.3) is 5.91 Å². The van der Waals surface area contributed by atoms with Crippen molar-refractivity contribution in [1.82, 2.24) is 14.9 Å². The molecule has 2 aliphatic heterocycles. The molecule has 0 atom stereocenters. The van der Waals surface area contributed by atoms with Crippen LogP contribution in [0.2, 0.25) is 0 Å². The first kappa shape index (κ1) is 20.5. The van der Waals surface area contributed by atoms with Crippen LogP contribution in [-0.4, -0.2) is 74.1 Å². The van der Waals surface area contributed by atoms with E-state index in [1.165, 1.54) is 16.2 Å². The summed E-state index contributed by atoms with van der Waals surface area (Å²) in [5.74, 6) is 1.27. The van der Waals surface area contributed by atoms with Crippen molar-refractivity contribution >= 4 is 39.9 Å². The Morgan fingerprint density at radius 3 is 2.80 bits per heavy atom. The van der Waals surface area contributed by atoms with Gasteiger partial charge in [-0.15, -0.1) is 11.3 Å². The van der Waals surface area contributed by atoms with Crippen LogP contribution in [0.4, 0.5) is 16.8 Å². The number of rotatable bonds is 5. The normalized spacial score (nSPS) is 16.5. The summed E-state index contributed by atoms with van der Waals surface area (Å²) in [6.45, 7) is 4.20. The van der Waals surface area contributed by atoms with Crippen LogP contribution in [0.25, 0.3) is 0 Å². The van der Waals surface area contributed by atoms with Crippen LogP contribution in [0.5, 0.6) is 0 Å². The summed E-state index contributed by atoms with van der Waals surface area (Å²) >= 11 is 1.52. The second-order valence-electron chi connectivity index (χ2n) is 7.50. The number of likely N-dealkylation sites (N-methyl/N-ethyl adjacent to an activating group) is 1. The molecule has 0 spiro atoms. The zero-order valence-electron chi connectivity index (χ0n) is 17.7. The lowest BCUT2D eigenvalue weighted by Crippen LogP contribution is -2.39. The molecule has 9 nitrogen and oxygen atoms in total. The lowest BCUT2D eigenvalue weighted by molar-refractivity contribution is -0.119. The minimum atomic E-state index is -0.0894. The number of carbonyl (C=O) groups is 2. The van der Waals surface area contributed by atoms with Crippen LogP contribution in [0, 0.1) is 6.92 Å². The van der Waals surface area contributed by atoms with Crippen LogP contribution in [0.15, 0.2) is 6.07 Å². The fourth-order valence-corrected chi connectivity index (χ4v) is 5.26. The third-order valence-electron chi connectivity index (χ3n) is 5.42. The molecule has 2 aromatic heterocycles. The standard InChI is InChI=1S/C20H26N6O3S/c1-12-9-15(21-2)23-20(22-12)25-6-5-13-14(10-25)30-19-17(13)18(28)24(3)11-16(27)26(19)7-8-29-4/h9H,5-8,10-11H2,1-4H3,(H,21,22,23). The van der Waals surface area contributed by atoms with Crippen molar-refractivity contribution in [3.05, 3.63) is 27.8 Å². The SMILES string of the molecule is CNc1cc(C)nc(N2CCc3c(sc4c3C(=O)N(C)CC(=O)N4CCOC)C2)n1. The molecule has 1 N–H and O–H groups in total. The number of fused-ring (bicyclic) bond motifs is 3. The molecule has 4 heterocycles. The van der Waals surface area contributed by atoms with E-state index in [-0.39, 0.29) is 18.4 Å². The smallest absolute Gasteiger partial charge is 0.257 e. The second kappa shape index (κ2) is 8.19. The Morgan fingerprint density at radius 2 is 2.07 bits per heavy atom. The van der Waals surface area contributed by atoms with Crippen LogP contribution < -0.4 is 15.1 Å².